The topological polar surface area (TPSA) is 79.5 Å². The standard InChI is InChI=1S/C17H18ClN3O3/c1-19-17(23)11-3-8-14(18)15(9-11)20-10-16(22)21-12-4-6-13(24-2)7-5-12/h3-9,20H,10H2,1-2H3,(H,19,23)(H,21,22). The Balaban J connectivity index is 1.96. The SMILES string of the molecule is CNC(=O)c1ccc(Cl)c(NCC(=O)Nc2ccc(OC)cc2)c1. The molecule has 24 heavy (non-hydrogen) atoms. The zero-order valence-corrected chi connectivity index (χ0v) is 14.1. The van der Waals surface area contributed by atoms with Crippen LogP contribution in [0.15, 0.2) is 42.5 Å². The van der Waals surface area contributed by atoms with E-state index in [1.54, 1.807) is 56.6 Å². The first-order valence-corrected chi connectivity index (χ1v) is 7.60. The lowest BCUT2D eigenvalue weighted by Gasteiger charge is -2.11. The molecule has 0 aromatic heterocycles. The van der Waals surface area contributed by atoms with Gasteiger partial charge < -0.3 is 20.7 Å². The molecule has 0 aliphatic heterocycles. The predicted molar refractivity (Wildman–Crippen MR) is 95.0 cm³/mol. The van der Waals surface area contributed by atoms with E-state index in [1.807, 2.05) is 0 Å². The highest BCUT2D eigenvalue weighted by atomic mass is 35.5. The Kier molecular flexibility index (Phi) is 6.03. The number of amides is 2. The predicted octanol–water partition coefficient (Wildman–Crippen LogP) is 2.76. The number of methoxy groups -OCH3 is 1. The van der Waals surface area contributed by atoms with Gasteiger partial charge in [0.25, 0.3) is 5.91 Å². The average molecular weight is 348 g/mol. The van der Waals surface area contributed by atoms with Gasteiger partial charge in [0.2, 0.25) is 5.91 Å². The van der Waals surface area contributed by atoms with Gasteiger partial charge in [-0.3, -0.25) is 9.59 Å². The Hall–Kier alpha value is -2.73. The summed E-state index contributed by atoms with van der Waals surface area (Å²) in [5.41, 5.74) is 1.63. The van der Waals surface area contributed by atoms with Crippen LogP contribution in [0, 0.1) is 0 Å². The molecule has 0 spiro atoms. The van der Waals surface area contributed by atoms with Gasteiger partial charge in [-0.05, 0) is 42.5 Å². The van der Waals surface area contributed by atoms with Crippen molar-refractivity contribution in [3.05, 3.63) is 53.1 Å². The maximum atomic E-state index is 12.0. The number of hydrogen-bond donors (Lipinski definition) is 3. The van der Waals surface area contributed by atoms with E-state index in [0.717, 1.165) is 0 Å². The molecular weight excluding hydrogens is 330 g/mol. The van der Waals surface area contributed by atoms with Crippen LogP contribution >= 0.6 is 11.6 Å². The number of nitrogens with one attached hydrogen (secondary N) is 3. The van der Waals surface area contributed by atoms with E-state index in [-0.39, 0.29) is 18.4 Å². The zero-order chi connectivity index (χ0) is 17.5. The van der Waals surface area contributed by atoms with Gasteiger partial charge in [-0.25, -0.2) is 0 Å². The fourth-order valence-electron chi connectivity index (χ4n) is 2.00. The van der Waals surface area contributed by atoms with Crippen LogP contribution in [0.4, 0.5) is 11.4 Å². The first-order chi connectivity index (χ1) is 11.5. The van der Waals surface area contributed by atoms with E-state index in [1.165, 1.54) is 0 Å². The molecule has 6 nitrogen and oxygen atoms in total. The Labute approximate surface area is 145 Å². The van der Waals surface area contributed by atoms with Crippen molar-refractivity contribution in [2.45, 2.75) is 0 Å². The second kappa shape index (κ2) is 8.21. The van der Waals surface area contributed by atoms with Crippen molar-refractivity contribution in [3.63, 3.8) is 0 Å². The molecule has 2 amide bonds. The summed E-state index contributed by atoms with van der Waals surface area (Å²) in [6.45, 7) is 0.0168. The lowest BCUT2D eigenvalue weighted by molar-refractivity contribution is -0.114. The molecule has 0 aliphatic rings. The summed E-state index contributed by atoms with van der Waals surface area (Å²) in [5, 5.41) is 8.64. The molecule has 0 saturated carbocycles. The molecule has 0 atom stereocenters. The molecule has 0 unspecified atom stereocenters. The highest BCUT2D eigenvalue weighted by molar-refractivity contribution is 6.33. The summed E-state index contributed by atoms with van der Waals surface area (Å²) < 4.78 is 5.06. The van der Waals surface area contributed by atoms with E-state index < -0.39 is 0 Å². The van der Waals surface area contributed by atoms with Crippen molar-refractivity contribution in [1.29, 1.82) is 0 Å². The number of benzene rings is 2. The molecule has 126 valence electrons. The number of carbonyl (C=O) groups excluding carboxylic acids is 2. The minimum absolute atomic E-state index is 0.0168. The second-order valence-corrected chi connectivity index (χ2v) is 5.31. The van der Waals surface area contributed by atoms with Gasteiger partial charge in [0.1, 0.15) is 5.75 Å². The van der Waals surface area contributed by atoms with Gasteiger partial charge in [-0.15, -0.1) is 0 Å². The lowest BCUT2D eigenvalue weighted by atomic mass is 10.2. The van der Waals surface area contributed by atoms with Crippen molar-refractivity contribution >= 4 is 34.8 Å². The van der Waals surface area contributed by atoms with Gasteiger partial charge in [0, 0.05) is 18.3 Å². The third-order valence-electron chi connectivity index (χ3n) is 3.27. The molecule has 2 aromatic rings. The van der Waals surface area contributed by atoms with Crippen LogP contribution in [-0.4, -0.2) is 32.5 Å². The number of halogens is 1. The molecular formula is C17H18ClN3O3. The maximum Gasteiger partial charge on any atom is 0.251 e. The number of ether oxygens (including phenoxy) is 1. The summed E-state index contributed by atoms with van der Waals surface area (Å²) in [6, 6.07) is 11.8. The fraction of sp³-hybridized carbons (Fsp3) is 0.176. The summed E-state index contributed by atoms with van der Waals surface area (Å²) in [6.07, 6.45) is 0. The summed E-state index contributed by atoms with van der Waals surface area (Å²) in [4.78, 5) is 23.6. The van der Waals surface area contributed by atoms with E-state index in [4.69, 9.17) is 16.3 Å². The summed E-state index contributed by atoms with van der Waals surface area (Å²) in [5.74, 6) is 0.253. The minimum Gasteiger partial charge on any atom is -0.497 e. The molecule has 0 heterocycles. The first-order valence-electron chi connectivity index (χ1n) is 7.23. The quantitative estimate of drug-likeness (QED) is 0.750. The molecule has 0 bridgehead atoms. The van der Waals surface area contributed by atoms with Crippen molar-refractivity contribution in [2.24, 2.45) is 0 Å². The Morgan fingerprint density at radius 1 is 1.12 bits per heavy atom. The van der Waals surface area contributed by atoms with Crippen molar-refractivity contribution in [3.8, 4) is 5.75 Å². The van der Waals surface area contributed by atoms with Gasteiger partial charge in [-0.2, -0.15) is 0 Å². The summed E-state index contributed by atoms with van der Waals surface area (Å²) >= 11 is 6.08. The smallest absolute Gasteiger partial charge is 0.251 e. The van der Waals surface area contributed by atoms with E-state index >= 15 is 0 Å². The minimum atomic E-state index is -0.235. The van der Waals surface area contributed by atoms with Crippen LogP contribution in [0.3, 0.4) is 0 Å². The molecule has 0 aliphatic carbocycles. The number of carbonyl (C=O) groups is 2. The Morgan fingerprint density at radius 3 is 2.46 bits per heavy atom. The highest BCUT2D eigenvalue weighted by Crippen LogP contribution is 2.23. The summed E-state index contributed by atoms with van der Waals surface area (Å²) in [7, 11) is 3.13. The van der Waals surface area contributed by atoms with E-state index in [2.05, 4.69) is 16.0 Å². The van der Waals surface area contributed by atoms with Crippen LogP contribution < -0.4 is 20.7 Å². The third kappa shape index (κ3) is 4.63. The van der Waals surface area contributed by atoms with Crippen molar-refractivity contribution in [2.75, 3.05) is 31.3 Å². The number of rotatable bonds is 6. The lowest BCUT2D eigenvalue weighted by Crippen LogP contribution is -2.22. The average Bonchev–Trinajstić information content (AvgIpc) is 2.61. The normalized spacial score (nSPS) is 9.96. The molecule has 0 saturated heterocycles. The third-order valence-corrected chi connectivity index (χ3v) is 3.60. The Bertz CT molecular complexity index is 732. The van der Waals surface area contributed by atoms with Gasteiger partial charge in [-0.1, -0.05) is 11.6 Å². The zero-order valence-electron chi connectivity index (χ0n) is 13.4. The highest BCUT2D eigenvalue weighted by Gasteiger charge is 2.09. The molecule has 7 heteroatoms. The van der Waals surface area contributed by atoms with Gasteiger partial charge in [0.15, 0.2) is 0 Å². The van der Waals surface area contributed by atoms with Gasteiger partial charge >= 0.3 is 0 Å². The van der Waals surface area contributed by atoms with Crippen LogP contribution in [0.5, 0.6) is 5.75 Å². The van der Waals surface area contributed by atoms with E-state index in [9.17, 15) is 9.59 Å². The number of anilines is 2. The van der Waals surface area contributed by atoms with Crippen molar-refractivity contribution < 1.29 is 14.3 Å². The van der Waals surface area contributed by atoms with Crippen LogP contribution in [-0.2, 0) is 4.79 Å². The fourth-order valence-corrected chi connectivity index (χ4v) is 2.19. The second-order valence-electron chi connectivity index (χ2n) is 4.90. The number of hydrogen-bond acceptors (Lipinski definition) is 4. The van der Waals surface area contributed by atoms with Crippen molar-refractivity contribution in [1.82, 2.24) is 5.32 Å². The molecule has 3 N–H and O–H groups in total. The maximum absolute atomic E-state index is 12.0. The van der Waals surface area contributed by atoms with Crippen LogP contribution in [0.25, 0.3) is 0 Å². The molecule has 0 fully saturated rings. The largest absolute Gasteiger partial charge is 0.497 e. The first kappa shape index (κ1) is 17.6. The van der Waals surface area contributed by atoms with E-state index in [0.29, 0.717) is 27.7 Å². The van der Waals surface area contributed by atoms with Crippen LogP contribution in [0.1, 0.15) is 10.4 Å². The molecule has 0 radical (unpaired) electrons. The van der Waals surface area contributed by atoms with Gasteiger partial charge in [0.05, 0.1) is 24.4 Å². The Morgan fingerprint density at radius 2 is 1.83 bits per heavy atom. The molecule has 2 rings (SSSR count). The monoisotopic (exact) mass is 347 g/mol. The van der Waals surface area contributed by atoms with Crippen LogP contribution in [0.2, 0.25) is 5.02 Å². The molecule has 2 aromatic carbocycles.